The summed E-state index contributed by atoms with van der Waals surface area (Å²) in [6.07, 6.45) is 4.33. The Kier molecular flexibility index (Phi) is 5.26. The molecule has 110 valence electrons. The van der Waals surface area contributed by atoms with Crippen LogP contribution in [0.15, 0.2) is 18.2 Å². The van der Waals surface area contributed by atoms with Crippen molar-refractivity contribution in [2.45, 2.75) is 31.7 Å². The number of rotatable bonds is 3. The molecule has 1 unspecified atom stereocenters. The molecule has 1 aliphatic rings. The predicted molar refractivity (Wildman–Crippen MR) is 84.7 cm³/mol. The normalized spacial score (nSPS) is 19.2. The Balaban J connectivity index is 2.12. The first-order chi connectivity index (χ1) is 9.58. The standard InChI is InChI=1S/C15H22ClN3O/c1-19(2)14-8-7-11(16)10-13(14)18-15(20)12-6-4-3-5-9-17-12/h7-8,10,12,17H,3-6,9H2,1-2H3,(H,18,20). The van der Waals surface area contributed by atoms with E-state index >= 15 is 0 Å². The zero-order valence-electron chi connectivity index (χ0n) is 12.1. The lowest BCUT2D eigenvalue weighted by Gasteiger charge is -2.21. The number of amides is 1. The highest BCUT2D eigenvalue weighted by Crippen LogP contribution is 2.28. The second kappa shape index (κ2) is 6.95. The van der Waals surface area contributed by atoms with Gasteiger partial charge < -0.3 is 15.5 Å². The number of carbonyl (C=O) groups is 1. The fourth-order valence-corrected chi connectivity index (χ4v) is 2.64. The average Bonchev–Trinajstić information content (AvgIpc) is 2.67. The number of carbonyl (C=O) groups excluding carboxylic acids is 1. The number of benzene rings is 1. The Morgan fingerprint density at radius 1 is 1.35 bits per heavy atom. The lowest BCUT2D eigenvalue weighted by atomic mass is 10.1. The van der Waals surface area contributed by atoms with Crippen molar-refractivity contribution < 1.29 is 4.79 Å². The Labute approximate surface area is 125 Å². The molecular formula is C15H22ClN3O. The van der Waals surface area contributed by atoms with Crippen molar-refractivity contribution in [2.24, 2.45) is 0 Å². The third-order valence-corrected chi connectivity index (χ3v) is 3.81. The van der Waals surface area contributed by atoms with Gasteiger partial charge in [-0.05, 0) is 37.6 Å². The van der Waals surface area contributed by atoms with Crippen LogP contribution in [0.2, 0.25) is 5.02 Å². The average molecular weight is 296 g/mol. The third-order valence-electron chi connectivity index (χ3n) is 3.58. The van der Waals surface area contributed by atoms with E-state index in [2.05, 4.69) is 10.6 Å². The number of hydrogen-bond acceptors (Lipinski definition) is 3. The SMILES string of the molecule is CN(C)c1ccc(Cl)cc1NC(=O)C1CCCCCN1. The number of halogens is 1. The second-order valence-electron chi connectivity index (χ2n) is 5.40. The molecule has 1 atom stereocenters. The topological polar surface area (TPSA) is 44.4 Å². The van der Waals surface area contributed by atoms with Crippen LogP contribution in [0.4, 0.5) is 11.4 Å². The van der Waals surface area contributed by atoms with Crippen LogP contribution < -0.4 is 15.5 Å². The third kappa shape index (κ3) is 3.87. The molecule has 0 saturated carbocycles. The molecule has 0 spiro atoms. The van der Waals surface area contributed by atoms with Gasteiger partial charge in [-0.25, -0.2) is 0 Å². The quantitative estimate of drug-likeness (QED) is 0.901. The van der Waals surface area contributed by atoms with E-state index in [9.17, 15) is 4.79 Å². The summed E-state index contributed by atoms with van der Waals surface area (Å²) in [4.78, 5) is 14.3. The van der Waals surface area contributed by atoms with E-state index in [1.54, 1.807) is 6.07 Å². The van der Waals surface area contributed by atoms with E-state index in [0.717, 1.165) is 37.2 Å². The smallest absolute Gasteiger partial charge is 0.241 e. The highest BCUT2D eigenvalue weighted by Gasteiger charge is 2.20. The maximum Gasteiger partial charge on any atom is 0.241 e. The van der Waals surface area contributed by atoms with Crippen LogP contribution in [-0.4, -0.2) is 32.6 Å². The maximum atomic E-state index is 12.4. The van der Waals surface area contributed by atoms with Crippen molar-refractivity contribution >= 4 is 28.9 Å². The van der Waals surface area contributed by atoms with E-state index in [0.29, 0.717) is 5.02 Å². The van der Waals surface area contributed by atoms with Crippen LogP contribution in [0.5, 0.6) is 0 Å². The van der Waals surface area contributed by atoms with Crippen molar-refractivity contribution in [3.8, 4) is 0 Å². The zero-order valence-corrected chi connectivity index (χ0v) is 12.8. The molecule has 20 heavy (non-hydrogen) atoms. The summed E-state index contributed by atoms with van der Waals surface area (Å²) in [5.74, 6) is 0.0252. The van der Waals surface area contributed by atoms with Gasteiger partial charge in [0.05, 0.1) is 17.4 Å². The van der Waals surface area contributed by atoms with E-state index in [4.69, 9.17) is 11.6 Å². The molecule has 1 aromatic rings. The predicted octanol–water partition coefficient (Wildman–Crippen LogP) is 2.88. The number of nitrogens with one attached hydrogen (secondary N) is 2. The molecule has 0 radical (unpaired) electrons. The van der Waals surface area contributed by atoms with Gasteiger partial charge in [-0.15, -0.1) is 0 Å². The molecule has 1 saturated heterocycles. The molecule has 2 rings (SSSR count). The van der Waals surface area contributed by atoms with Crippen LogP contribution in [-0.2, 0) is 4.79 Å². The van der Waals surface area contributed by atoms with Crippen molar-refractivity contribution in [3.05, 3.63) is 23.2 Å². The van der Waals surface area contributed by atoms with Gasteiger partial charge in [-0.1, -0.05) is 24.4 Å². The van der Waals surface area contributed by atoms with Gasteiger partial charge in [0.25, 0.3) is 0 Å². The lowest BCUT2D eigenvalue weighted by molar-refractivity contribution is -0.118. The van der Waals surface area contributed by atoms with Gasteiger partial charge in [0, 0.05) is 19.1 Å². The van der Waals surface area contributed by atoms with Crippen molar-refractivity contribution in [1.82, 2.24) is 5.32 Å². The van der Waals surface area contributed by atoms with Gasteiger partial charge in [-0.2, -0.15) is 0 Å². The molecule has 1 aromatic carbocycles. The fourth-order valence-electron chi connectivity index (χ4n) is 2.47. The minimum Gasteiger partial charge on any atom is -0.376 e. The molecule has 0 aliphatic carbocycles. The minimum absolute atomic E-state index is 0.0252. The van der Waals surface area contributed by atoms with E-state index in [1.807, 2.05) is 31.1 Å². The van der Waals surface area contributed by atoms with Crippen molar-refractivity contribution in [1.29, 1.82) is 0 Å². The fraction of sp³-hybridized carbons (Fsp3) is 0.533. The molecule has 5 heteroatoms. The lowest BCUT2D eigenvalue weighted by Crippen LogP contribution is -2.40. The summed E-state index contributed by atoms with van der Waals surface area (Å²) in [5.41, 5.74) is 1.72. The van der Waals surface area contributed by atoms with Crippen molar-refractivity contribution in [2.75, 3.05) is 30.9 Å². The van der Waals surface area contributed by atoms with Gasteiger partial charge in [0.1, 0.15) is 0 Å². The first-order valence-electron chi connectivity index (χ1n) is 7.09. The molecule has 4 nitrogen and oxygen atoms in total. The Hall–Kier alpha value is -1.26. The Morgan fingerprint density at radius 2 is 2.15 bits per heavy atom. The molecule has 1 amide bonds. The number of hydrogen-bond donors (Lipinski definition) is 2. The van der Waals surface area contributed by atoms with Crippen LogP contribution in [0.1, 0.15) is 25.7 Å². The number of nitrogens with zero attached hydrogens (tertiary/aromatic N) is 1. The Morgan fingerprint density at radius 3 is 2.90 bits per heavy atom. The summed E-state index contributed by atoms with van der Waals surface area (Å²) in [7, 11) is 3.89. The summed E-state index contributed by atoms with van der Waals surface area (Å²) >= 11 is 6.03. The monoisotopic (exact) mass is 295 g/mol. The molecular weight excluding hydrogens is 274 g/mol. The molecule has 0 bridgehead atoms. The van der Waals surface area contributed by atoms with Crippen LogP contribution in [0.3, 0.4) is 0 Å². The molecule has 2 N–H and O–H groups in total. The Bertz CT molecular complexity index is 468. The van der Waals surface area contributed by atoms with Crippen LogP contribution >= 0.6 is 11.6 Å². The number of anilines is 2. The van der Waals surface area contributed by atoms with E-state index < -0.39 is 0 Å². The first-order valence-corrected chi connectivity index (χ1v) is 7.47. The zero-order chi connectivity index (χ0) is 14.5. The summed E-state index contributed by atoms with van der Waals surface area (Å²) in [5, 5.41) is 6.93. The summed E-state index contributed by atoms with van der Waals surface area (Å²) in [6.45, 7) is 0.911. The molecule has 0 aromatic heterocycles. The molecule has 1 aliphatic heterocycles. The van der Waals surface area contributed by atoms with Gasteiger partial charge in [0.2, 0.25) is 5.91 Å². The summed E-state index contributed by atoms with van der Waals surface area (Å²) in [6, 6.07) is 5.44. The van der Waals surface area contributed by atoms with E-state index in [1.165, 1.54) is 6.42 Å². The molecule has 1 fully saturated rings. The highest BCUT2D eigenvalue weighted by molar-refractivity contribution is 6.31. The van der Waals surface area contributed by atoms with Gasteiger partial charge in [0.15, 0.2) is 0 Å². The summed E-state index contributed by atoms with van der Waals surface area (Å²) < 4.78 is 0. The highest BCUT2D eigenvalue weighted by atomic mass is 35.5. The van der Waals surface area contributed by atoms with Gasteiger partial charge in [-0.3, -0.25) is 4.79 Å². The first kappa shape index (κ1) is 15.1. The van der Waals surface area contributed by atoms with Gasteiger partial charge >= 0.3 is 0 Å². The second-order valence-corrected chi connectivity index (χ2v) is 5.84. The minimum atomic E-state index is -0.105. The van der Waals surface area contributed by atoms with E-state index in [-0.39, 0.29) is 11.9 Å². The molecule has 1 heterocycles. The van der Waals surface area contributed by atoms with Crippen molar-refractivity contribution in [3.63, 3.8) is 0 Å². The largest absolute Gasteiger partial charge is 0.376 e. The van der Waals surface area contributed by atoms with Crippen LogP contribution in [0, 0.1) is 0 Å². The maximum absolute atomic E-state index is 12.4. The van der Waals surface area contributed by atoms with Crippen LogP contribution in [0.25, 0.3) is 0 Å².